The molecule has 0 saturated heterocycles. The normalized spacial score (nSPS) is 15.0. The lowest BCUT2D eigenvalue weighted by atomic mass is 9.97. The van der Waals surface area contributed by atoms with Crippen LogP contribution in [0.5, 0.6) is 0 Å². The average molecular weight is 256 g/mol. The summed E-state index contributed by atoms with van der Waals surface area (Å²) in [7, 11) is 1.36. The third-order valence-electron chi connectivity index (χ3n) is 3.30. The highest BCUT2D eigenvalue weighted by Crippen LogP contribution is 2.35. The molecule has 0 atom stereocenters. The van der Waals surface area contributed by atoms with Crippen molar-refractivity contribution in [2.24, 2.45) is 0 Å². The van der Waals surface area contributed by atoms with Crippen LogP contribution in [-0.4, -0.2) is 19.4 Å². The molecular weight excluding hydrogens is 240 g/mol. The summed E-state index contributed by atoms with van der Waals surface area (Å²) >= 11 is 0. The number of esters is 1. The Hall–Kier alpha value is -2.16. The van der Waals surface area contributed by atoms with Gasteiger partial charge in [0, 0.05) is 11.6 Å². The molecule has 1 aromatic carbocycles. The average Bonchev–Trinajstić information content (AvgIpc) is 2.92. The van der Waals surface area contributed by atoms with Crippen LogP contribution in [0.3, 0.4) is 0 Å². The molecule has 0 unspecified atom stereocenters. The maximum absolute atomic E-state index is 11.1. The van der Waals surface area contributed by atoms with Crippen LogP contribution < -0.4 is 0 Å². The molecule has 0 amide bonds. The number of ether oxygens (including phenoxy) is 1. The first-order valence-corrected chi connectivity index (χ1v) is 6.29. The number of benzene rings is 1. The molecule has 19 heavy (non-hydrogen) atoms. The van der Waals surface area contributed by atoms with Gasteiger partial charge in [-0.3, -0.25) is 4.79 Å². The second kappa shape index (κ2) is 6.14. The molecule has 3 heteroatoms. The van der Waals surface area contributed by atoms with Crippen molar-refractivity contribution in [1.29, 1.82) is 0 Å². The second-order valence-corrected chi connectivity index (χ2v) is 4.42. The van der Waals surface area contributed by atoms with Crippen LogP contribution in [0.2, 0.25) is 0 Å². The summed E-state index contributed by atoms with van der Waals surface area (Å²) in [4.78, 5) is 22.2. The zero-order valence-electron chi connectivity index (χ0n) is 10.9. The lowest BCUT2D eigenvalue weighted by Gasteiger charge is -2.07. The van der Waals surface area contributed by atoms with E-state index in [1.54, 1.807) is 6.08 Å². The van der Waals surface area contributed by atoms with Crippen molar-refractivity contribution >= 4 is 17.8 Å². The fraction of sp³-hybridized carbons (Fsp3) is 0.250. The molecule has 1 aliphatic rings. The monoisotopic (exact) mass is 256 g/mol. The quantitative estimate of drug-likeness (QED) is 0.472. The van der Waals surface area contributed by atoms with Crippen molar-refractivity contribution in [2.75, 3.05) is 7.11 Å². The predicted octanol–water partition coefficient (Wildman–Crippen LogP) is 3.17. The van der Waals surface area contributed by atoms with Gasteiger partial charge in [-0.25, -0.2) is 4.79 Å². The minimum Gasteiger partial charge on any atom is -0.466 e. The summed E-state index contributed by atoms with van der Waals surface area (Å²) in [5, 5.41) is 0. The number of allylic oxidation sites excluding steroid dienone is 3. The second-order valence-electron chi connectivity index (χ2n) is 4.42. The third kappa shape index (κ3) is 2.99. The first kappa shape index (κ1) is 13.3. The number of methoxy groups -OCH3 is 1. The Balaban J connectivity index is 2.38. The molecule has 0 N–H and O–H groups in total. The van der Waals surface area contributed by atoms with E-state index in [2.05, 4.69) is 4.74 Å². The minimum absolute atomic E-state index is 0.359. The van der Waals surface area contributed by atoms with E-state index in [0.717, 1.165) is 42.3 Å². The molecule has 98 valence electrons. The molecule has 1 aromatic rings. The van der Waals surface area contributed by atoms with Crippen molar-refractivity contribution in [3.8, 4) is 0 Å². The van der Waals surface area contributed by atoms with Gasteiger partial charge in [0.1, 0.15) is 0 Å². The molecule has 1 aliphatic carbocycles. The van der Waals surface area contributed by atoms with Crippen LogP contribution in [0.15, 0.2) is 42.0 Å². The first-order valence-electron chi connectivity index (χ1n) is 6.29. The molecule has 0 radical (unpaired) electrons. The van der Waals surface area contributed by atoms with Crippen molar-refractivity contribution in [1.82, 2.24) is 0 Å². The molecular formula is C16H16O3. The lowest BCUT2D eigenvalue weighted by molar-refractivity contribution is -0.134. The van der Waals surface area contributed by atoms with Crippen molar-refractivity contribution in [2.45, 2.75) is 19.3 Å². The van der Waals surface area contributed by atoms with Gasteiger partial charge in [0.15, 0.2) is 6.29 Å². The highest BCUT2D eigenvalue weighted by atomic mass is 16.5. The Morgan fingerprint density at radius 1 is 1.26 bits per heavy atom. The number of carbonyl (C=O) groups is 2. The molecule has 0 fully saturated rings. The topological polar surface area (TPSA) is 43.4 Å². The van der Waals surface area contributed by atoms with Crippen LogP contribution >= 0.6 is 0 Å². The molecule has 3 nitrogen and oxygen atoms in total. The first-order chi connectivity index (χ1) is 9.26. The summed E-state index contributed by atoms with van der Waals surface area (Å²) in [6.45, 7) is 0. The van der Waals surface area contributed by atoms with Crippen molar-refractivity contribution in [3.05, 3.63) is 53.1 Å². The van der Waals surface area contributed by atoms with Gasteiger partial charge in [0.05, 0.1) is 7.11 Å². The van der Waals surface area contributed by atoms with Gasteiger partial charge in [-0.05, 0) is 36.0 Å². The molecule has 0 heterocycles. The van der Waals surface area contributed by atoms with Gasteiger partial charge in [0.25, 0.3) is 0 Å². The molecule has 0 bridgehead atoms. The molecule has 0 saturated carbocycles. The van der Waals surface area contributed by atoms with E-state index >= 15 is 0 Å². The van der Waals surface area contributed by atoms with E-state index in [1.807, 2.05) is 24.3 Å². The fourth-order valence-electron chi connectivity index (χ4n) is 2.37. The Morgan fingerprint density at radius 2 is 2.05 bits per heavy atom. The van der Waals surface area contributed by atoms with Crippen molar-refractivity contribution in [3.63, 3.8) is 0 Å². The maximum Gasteiger partial charge on any atom is 0.330 e. The van der Waals surface area contributed by atoms with Gasteiger partial charge in [-0.1, -0.05) is 30.3 Å². The zero-order chi connectivity index (χ0) is 13.7. The highest BCUT2D eigenvalue weighted by Gasteiger charge is 2.16. The van der Waals surface area contributed by atoms with Crippen LogP contribution in [-0.2, 0) is 9.53 Å². The van der Waals surface area contributed by atoms with E-state index in [-0.39, 0.29) is 5.97 Å². The Bertz CT molecular complexity index is 553. The van der Waals surface area contributed by atoms with Gasteiger partial charge < -0.3 is 4.74 Å². The number of aldehydes is 1. The van der Waals surface area contributed by atoms with E-state index in [9.17, 15) is 9.59 Å². The zero-order valence-corrected chi connectivity index (χ0v) is 10.9. The van der Waals surface area contributed by atoms with Gasteiger partial charge in [-0.2, -0.15) is 0 Å². The molecule has 0 aromatic heterocycles. The summed E-state index contributed by atoms with van der Waals surface area (Å²) in [5.41, 5.74) is 3.94. The van der Waals surface area contributed by atoms with Crippen molar-refractivity contribution < 1.29 is 14.3 Å². The Labute approximate surface area is 112 Å². The van der Waals surface area contributed by atoms with Crippen LogP contribution in [0.4, 0.5) is 0 Å². The number of carbonyl (C=O) groups excluding carboxylic acids is 2. The van der Waals surface area contributed by atoms with Crippen LogP contribution in [0.1, 0.15) is 35.2 Å². The van der Waals surface area contributed by atoms with Crippen LogP contribution in [0.25, 0.3) is 5.57 Å². The highest BCUT2D eigenvalue weighted by molar-refractivity contribution is 5.88. The lowest BCUT2D eigenvalue weighted by Crippen LogP contribution is -1.95. The van der Waals surface area contributed by atoms with E-state index in [1.165, 1.54) is 13.2 Å². The summed E-state index contributed by atoms with van der Waals surface area (Å²) in [5.74, 6) is -0.359. The Kier molecular flexibility index (Phi) is 4.29. The molecule has 0 aliphatic heterocycles. The molecule has 2 rings (SSSR count). The van der Waals surface area contributed by atoms with E-state index in [0.29, 0.717) is 5.56 Å². The third-order valence-corrected chi connectivity index (χ3v) is 3.30. The van der Waals surface area contributed by atoms with Crippen LogP contribution in [0, 0.1) is 0 Å². The number of rotatable bonds is 4. The summed E-state index contributed by atoms with van der Waals surface area (Å²) in [6, 6.07) is 7.55. The van der Waals surface area contributed by atoms with Gasteiger partial charge in [-0.15, -0.1) is 0 Å². The number of hydrogen-bond donors (Lipinski definition) is 0. The fourth-order valence-corrected chi connectivity index (χ4v) is 2.37. The van der Waals surface area contributed by atoms with Gasteiger partial charge in [0.2, 0.25) is 0 Å². The smallest absolute Gasteiger partial charge is 0.330 e. The summed E-state index contributed by atoms with van der Waals surface area (Å²) in [6.07, 6.45) is 7.02. The minimum atomic E-state index is -0.359. The van der Waals surface area contributed by atoms with Gasteiger partial charge >= 0.3 is 5.97 Å². The van der Waals surface area contributed by atoms with E-state index in [4.69, 9.17) is 0 Å². The standard InChI is InChI=1S/C16H16O3/c1-19-16(18)10-9-12-6-4-8-14(12)15-7-3-2-5-13(15)11-17/h2-3,5,7,9-11H,4,6,8H2,1H3/b10-9+. The predicted molar refractivity (Wildman–Crippen MR) is 73.8 cm³/mol. The Morgan fingerprint density at radius 3 is 2.79 bits per heavy atom. The molecule has 0 spiro atoms. The number of hydrogen-bond acceptors (Lipinski definition) is 3. The largest absolute Gasteiger partial charge is 0.466 e. The maximum atomic E-state index is 11.1. The SMILES string of the molecule is COC(=O)/C=C/C1=C(c2ccccc2C=O)CCC1. The summed E-state index contributed by atoms with van der Waals surface area (Å²) < 4.78 is 4.59. The van der Waals surface area contributed by atoms with E-state index < -0.39 is 0 Å².